The van der Waals surface area contributed by atoms with Gasteiger partial charge in [-0.3, -0.25) is 4.79 Å². The molecule has 0 radical (unpaired) electrons. The zero-order valence-electron chi connectivity index (χ0n) is 7.08. The molecule has 1 aliphatic heterocycles. The second-order valence-corrected chi connectivity index (χ2v) is 2.75. The number of rotatable bonds is 2. The lowest BCUT2D eigenvalue weighted by Gasteiger charge is -2.34. The van der Waals surface area contributed by atoms with E-state index in [2.05, 4.69) is 4.74 Å². The van der Waals surface area contributed by atoms with E-state index in [1.54, 1.807) is 0 Å². The van der Waals surface area contributed by atoms with Crippen LogP contribution < -0.4 is 0 Å². The van der Waals surface area contributed by atoms with Gasteiger partial charge in [0.1, 0.15) is 12.2 Å². The van der Waals surface area contributed by atoms with Crippen LogP contribution in [0, 0.1) is 0 Å². The number of ketones is 1. The summed E-state index contributed by atoms with van der Waals surface area (Å²) in [4.78, 5) is 11.1. The minimum absolute atomic E-state index is 0.501. The first kappa shape index (κ1) is 10.6. The zero-order valence-corrected chi connectivity index (χ0v) is 7.08. The molecule has 0 unspecified atom stereocenters. The number of aliphatic hydroxyl groups is 3. The maximum Gasteiger partial charge on any atom is 0.197 e. The van der Waals surface area contributed by atoms with E-state index in [-0.39, 0.29) is 0 Å². The van der Waals surface area contributed by atoms with E-state index in [1.807, 2.05) is 0 Å². The van der Waals surface area contributed by atoms with Crippen LogP contribution in [0.25, 0.3) is 0 Å². The summed E-state index contributed by atoms with van der Waals surface area (Å²) in [7, 11) is 1.26. The quantitative estimate of drug-likeness (QED) is 0.453. The molecule has 1 saturated heterocycles. The molecule has 1 heterocycles. The lowest BCUT2D eigenvalue weighted by molar-refractivity contribution is -0.247. The van der Waals surface area contributed by atoms with Crippen molar-refractivity contribution in [2.24, 2.45) is 0 Å². The van der Waals surface area contributed by atoms with E-state index in [4.69, 9.17) is 9.84 Å². The molecular weight excluding hydrogens is 180 g/mol. The highest BCUT2D eigenvalue weighted by Crippen LogP contribution is 2.17. The number of methoxy groups -OCH3 is 1. The van der Waals surface area contributed by atoms with Crippen LogP contribution in [-0.2, 0) is 14.3 Å². The van der Waals surface area contributed by atoms with E-state index in [0.29, 0.717) is 0 Å². The Kier molecular flexibility index (Phi) is 3.34. The molecule has 0 aromatic rings. The van der Waals surface area contributed by atoms with Crippen molar-refractivity contribution in [2.45, 2.75) is 24.6 Å². The maximum absolute atomic E-state index is 11.1. The Morgan fingerprint density at radius 2 is 2.08 bits per heavy atom. The third-order valence-electron chi connectivity index (χ3n) is 1.91. The molecule has 1 rings (SSSR count). The van der Waals surface area contributed by atoms with Gasteiger partial charge in [0.2, 0.25) is 0 Å². The summed E-state index contributed by atoms with van der Waals surface area (Å²) >= 11 is 0. The van der Waals surface area contributed by atoms with Crippen molar-refractivity contribution < 1.29 is 29.6 Å². The van der Waals surface area contributed by atoms with Crippen LogP contribution in [0.3, 0.4) is 0 Å². The number of ether oxygens (including phenoxy) is 2. The highest BCUT2D eigenvalue weighted by molar-refractivity contribution is 5.88. The fourth-order valence-electron chi connectivity index (χ4n) is 1.14. The number of aliphatic hydroxyl groups excluding tert-OH is 3. The third-order valence-corrected chi connectivity index (χ3v) is 1.91. The number of carbonyl (C=O) groups is 1. The van der Waals surface area contributed by atoms with Gasteiger partial charge in [0, 0.05) is 7.11 Å². The zero-order chi connectivity index (χ0) is 10.0. The van der Waals surface area contributed by atoms with E-state index >= 15 is 0 Å². The Balaban J connectivity index is 2.72. The largest absolute Gasteiger partial charge is 0.394 e. The van der Waals surface area contributed by atoms with Gasteiger partial charge in [-0.1, -0.05) is 0 Å². The predicted molar refractivity (Wildman–Crippen MR) is 39.8 cm³/mol. The average molecular weight is 192 g/mol. The molecule has 0 aliphatic carbocycles. The van der Waals surface area contributed by atoms with E-state index in [0.717, 1.165) is 0 Å². The Labute approximate surface area is 74.7 Å². The van der Waals surface area contributed by atoms with Crippen LogP contribution in [0.4, 0.5) is 0 Å². The number of Topliss-reactive ketones (excluding diaryl/α,β-unsaturated/α-hetero) is 1. The van der Waals surface area contributed by atoms with Crippen molar-refractivity contribution in [1.29, 1.82) is 0 Å². The van der Waals surface area contributed by atoms with Crippen LogP contribution in [0.15, 0.2) is 0 Å². The lowest BCUT2D eigenvalue weighted by atomic mass is 10.0. The molecule has 6 heteroatoms. The molecule has 4 atom stereocenters. The fourth-order valence-corrected chi connectivity index (χ4v) is 1.14. The second-order valence-electron chi connectivity index (χ2n) is 2.75. The van der Waals surface area contributed by atoms with Crippen LogP contribution in [0.5, 0.6) is 0 Å². The Hall–Kier alpha value is -0.530. The maximum atomic E-state index is 11.1. The smallest absolute Gasteiger partial charge is 0.197 e. The van der Waals surface area contributed by atoms with Crippen LogP contribution >= 0.6 is 0 Å². The molecule has 3 N–H and O–H groups in total. The van der Waals surface area contributed by atoms with Gasteiger partial charge in [-0.25, -0.2) is 0 Å². The van der Waals surface area contributed by atoms with Gasteiger partial charge in [-0.15, -0.1) is 0 Å². The monoisotopic (exact) mass is 192 g/mol. The first-order valence-corrected chi connectivity index (χ1v) is 3.80. The molecular formula is C7H12O6. The molecule has 0 aromatic heterocycles. The van der Waals surface area contributed by atoms with Crippen LogP contribution in [0.1, 0.15) is 0 Å². The fraction of sp³-hybridized carbons (Fsp3) is 0.857. The van der Waals surface area contributed by atoms with Crippen LogP contribution in [0.2, 0.25) is 0 Å². The van der Waals surface area contributed by atoms with E-state index < -0.39 is 37.0 Å². The summed E-state index contributed by atoms with van der Waals surface area (Å²) in [6.07, 6.45) is -5.14. The molecule has 0 saturated carbocycles. The summed E-state index contributed by atoms with van der Waals surface area (Å²) in [6.45, 7) is -0.501. The topological polar surface area (TPSA) is 96.2 Å². The first-order valence-electron chi connectivity index (χ1n) is 3.80. The molecule has 0 amide bonds. The summed E-state index contributed by atoms with van der Waals surface area (Å²) in [5.74, 6) is -0.794. The summed E-state index contributed by atoms with van der Waals surface area (Å²) < 4.78 is 9.53. The molecule has 1 fully saturated rings. The van der Waals surface area contributed by atoms with Gasteiger partial charge in [-0.05, 0) is 0 Å². The summed E-state index contributed by atoms with van der Waals surface area (Å²) in [5.41, 5.74) is 0. The van der Waals surface area contributed by atoms with Gasteiger partial charge in [0.25, 0.3) is 0 Å². The minimum atomic E-state index is -1.50. The minimum Gasteiger partial charge on any atom is -0.394 e. The molecule has 6 nitrogen and oxygen atoms in total. The van der Waals surface area contributed by atoms with Crippen molar-refractivity contribution in [3.63, 3.8) is 0 Å². The highest BCUT2D eigenvalue weighted by Gasteiger charge is 2.43. The molecule has 0 aromatic carbocycles. The average Bonchev–Trinajstić information content (AvgIpc) is 2.15. The Bertz CT molecular complexity index is 175. The van der Waals surface area contributed by atoms with E-state index in [1.165, 1.54) is 7.11 Å². The summed E-state index contributed by atoms with van der Waals surface area (Å²) in [6, 6.07) is 0. The van der Waals surface area contributed by atoms with Gasteiger partial charge in [-0.2, -0.15) is 0 Å². The number of hydrogen-bond donors (Lipinski definition) is 3. The molecule has 1 aliphatic rings. The normalized spacial score (nSPS) is 40.8. The van der Waals surface area contributed by atoms with Crippen molar-refractivity contribution in [3.05, 3.63) is 0 Å². The Morgan fingerprint density at radius 1 is 1.46 bits per heavy atom. The number of carbonyl (C=O) groups excluding carboxylic acids is 1. The molecule has 76 valence electrons. The Morgan fingerprint density at radius 3 is 2.54 bits per heavy atom. The van der Waals surface area contributed by atoms with Gasteiger partial charge >= 0.3 is 0 Å². The highest BCUT2D eigenvalue weighted by atomic mass is 16.7. The van der Waals surface area contributed by atoms with Crippen molar-refractivity contribution in [3.8, 4) is 0 Å². The lowest BCUT2D eigenvalue weighted by Crippen LogP contribution is -2.56. The molecule has 13 heavy (non-hydrogen) atoms. The number of hydrogen-bond acceptors (Lipinski definition) is 6. The summed E-state index contributed by atoms with van der Waals surface area (Å²) in [5, 5.41) is 27.1. The standard InChI is InChI=1S/C7H12O6/c1-12-7-6(11)5(10)4(9)3(2-8)13-7/h3-4,6-9,11H,2H2,1H3/t3-,4+,6-,7-/m1/s1. The molecule has 0 spiro atoms. The predicted octanol–water partition coefficient (Wildman–Crippen LogP) is -2.36. The van der Waals surface area contributed by atoms with Crippen molar-refractivity contribution in [2.75, 3.05) is 13.7 Å². The van der Waals surface area contributed by atoms with Gasteiger partial charge in [0.05, 0.1) is 6.61 Å². The SMILES string of the molecule is CO[C@@H]1O[C@H](CO)[C@H](O)C(=O)[C@H]1O. The van der Waals surface area contributed by atoms with E-state index in [9.17, 15) is 15.0 Å². The van der Waals surface area contributed by atoms with Gasteiger partial charge in [0.15, 0.2) is 18.2 Å². The third kappa shape index (κ3) is 1.87. The van der Waals surface area contributed by atoms with Crippen molar-refractivity contribution in [1.82, 2.24) is 0 Å². The van der Waals surface area contributed by atoms with Crippen LogP contribution in [-0.4, -0.2) is 59.4 Å². The van der Waals surface area contributed by atoms with Crippen molar-refractivity contribution >= 4 is 5.78 Å². The molecule has 0 bridgehead atoms. The first-order chi connectivity index (χ1) is 6.11. The second kappa shape index (κ2) is 4.12. The van der Waals surface area contributed by atoms with Gasteiger partial charge < -0.3 is 24.8 Å².